The van der Waals surface area contributed by atoms with Gasteiger partial charge in [-0.2, -0.15) is 4.37 Å². The Kier molecular flexibility index (Phi) is 8.99. The van der Waals surface area contributed by atoms with E-state index in [4.69, 9.17) is 11.5 Å². The highest BCUT2D eigenvalue weighted by Crippen LogP contribution is 2.34. The number of rotatable bonds is 10. The highest BCUT2D eigenvalue weighted by Gasteiger charge is 2.36. The molecule has 3 aromatic rings. The summed E-state index contributed by atoms with van der Waals surface area (Å²) in [7, 11) is 0. The van der Waals surface area contributed by atoms with E-state index in [2.05, 4.69) is 9.69 Å². The molecule has 2 aromatic carbocycles. The molecule has 0 aliphatic carbocycles. The maximum atomic E-state index is 14.0. The Morgan fingerprint density at radius 1 is 1.00 bits per heavy atom. The lowest BCUT2D eigenvalue weighted by Gasteiger charge is -2.31. The van der Waals surface area contributed by atoms with Crippen molar-refractivity contribution in [2.75, 3.05) is 17.2 Å². The number of carbonyl (C=O) groups is 3. The summed E-state index contributed by atoms with van der Waals surface area (Å²) in [4.78, 5) is 40.6. The molecule has 1 aromatic heterocycles. The van der Waals surface area contributed by atoms with Crippen molar-refractivity contribution >= 4 is 40.6 Å². The first-order valence-electron chi connectivity index (χ1n) is 12.0. The fraction of sp³-hybridized carbons (Fsp3) is 0.333. The van der Waals surface area contributed by atoms with Gasteiger partial charge in [0.05, 0.1) is 5.69 Å². The summed E-state index contributed by atoms with van der Waals surface area (Å²) in [5.41, 5.74) is 13.0. The molecule has 5 N–H and O–H groups in total. The third-order valence-electron chi connectivity index (χ3n) is 5.93. The summed E-state index contributed by atoms with van der Waals surface area (Å²) in [5.74, 6) is -1.79. The lowest BCUT2D eigenvalue weighted by Crippen LogP contribution is -2.44. The molecule has 0 aliphatic rings. The first kappa shape index (κ1) is 27.8. The largest absolute Gasteiger partial charge is 0.395 e. The molecule has 37 heavy (non-hydrogen) atoms. The van der Waals surface area contributed by atoms with E-state index in [0.29, 0.717) is 23.7 Å². The Morgan fingerprint density at radius 3 is 2.11 bits per heavy atom. The summed E-state index contributed by atoms with van der Waals surface area (Å²) >= 11 is 0.733. The predicted octanol–water partition coefficient (Wildman–Crippen LogP) is 4.64. The third kappa shape index (κ3) is 6.51. The predicted molar refractivity (Wildman–Crippen MR) is 144 cm³/mol. The smallest absolute Gasteiger partial charge is 0.273 e. The molecule has 3 rings (SSSR count). The fourth-order valence-corrected chi connectivity index (χ4v) is 4.53. The normalized spacial score (nSPS) is 12.0. The number of primary amides is 1. The highest BCUT2D eigenvalue weighted by atomic mass is 32.1. The average molecular weight is 526 g/mol. The van der Waals surface area contributed by atoms with Crippen LogP contribution in [0.2, 0.25) is 0 Å². The number of nitrogens with zero attached hydrogens (tertiary/aromatic N) is 2. The van der Waals surface area contributed by atoms with Crippen LogP contribution in [0.25, 0.3) is 0 Å². The van der Waals surface area contributed by atoms with Crippen LogP contribution in [0.1, 0.15) is 77.4 Å². The van der Waals surface area contributed by atoms with Crippen LogP contribution in [0, 0.1) is 11.7 Å². The van der Waals surface area contributed by atoms with Crippen molar-refractivity contribution in [3.8, 4) is 0 Å². The molecule has 196 valence electrons. The minimum absolute atomic E-state index is 0.0242. The second kappa shape index (κ2) is 12.0. The molecule has 1 heterocycles. The monoisotopic (exact) mass is 525 g/mol. The third-order valence-corrected chi connectivity index (χ3v) is 6.78. The van der Waals surface area contributed by atoms with Crippen molar-refractivity contribution in [3.63, 3.8) is 0 Å². The van der Waals surface area contributed by atoms with Crippen LogP contribution in [0.4, 0.5) is 15.8 Å². The number of aromatic nitrogens is 1. The van der Waals surface area contributed by atoms with Gasteiger partial charge in [0.1, 0.15) is 16.7 Å². The summed E-state index contributed by atoms with van der Waals surface area (Å²) in [5, 5.41) is 2.91. The average Bonchev–Trinajstić information content (AvgIpc) is 3.24. The highest BCUT2D eigenvalue weighted by molar-refractivity contribution is 7.09. The van der Waals surface area contributed by atoms with E-state index in [1.807, 2.05) is 39.8 Å². The number of nitrogens with one attached hydrogen (secondary N) is 1. The number of anilines is 2. The van der Waals surface area contributed by atoms with Gasteiger partial charge in [-0.05, 0) is 65.2 Å². The minimum Gasteiger partial charge on any atom is -0.395 e. The maximum absolute atomic E-state index is 14.0. The molecule has 0 aliphatic heterocycles. The van der Waals surface area contributed by atoms with Crippen LogP contribution >= 0.6 is 11.5 Å². The Labute approximate surface area is 220 Å². The molecule has 3 amide bonds. The first-order valence-corrected chi connectivity index (χ1v) is 12.8. The number of hydrogen-bond donors (Lipinski definition) is 3. The summed E-state index contributed by atoms with van der Waals surface area (Å²) in [6.45, 7) is 8.57. The van der Waals surface area contributed by atoms with Gasteiger partial charge in [-0.1, -0.05) is 52.0 Å². The molecule has 1 unspecified atom stereocenters. The van der Waals surface area contributed by atoms with Crippen LogP contribution in [0.3, 0.4) is 0 Å². The van der Waals surface area contributed by atoms with Crippen LogP contribution in [0.5, 0.6) is 0 Å². The lowest BCUT2D eigenvalue weighted by molar-refractivity contribution is -0.122. The van der Waals surface area contributed by atoms with Crippen molar-refractivity contribution in [1.29, 1.82) is 0 Å². The van der Waals surface area contributed by atoms with E-state index in [1.165, 1.54) is 29.2 Å². The maximum Gasteiger partial charge on any atom is 0.273 e. The van der Waals surface area contributed by atoms with Crippen molar-refractivity contribution in [3.05, 3.63) is 76.0 Å². The van der Waals surface area contributed by atoms with Crippen molar-refractivity contribution in [2.24, 2.45) is 11.7 Å². The Balaban J connectivity index is 2.16. The number of nitrogens with two attached hydrogens (primary N) is 2. The zero-order valence-corrected chi connectivity index (χ0v) is 22.1. The summed E-state index contributed by atoms with van der Waals surface area (Å²) < 4.78 is 17.7. The van der Waals surface area contributed by atoms with E-state index in [0.717, 1.165) is 23.5 Å². The van der Waals surface area contributed by atoms with Gasteiger partial charge in [0, 0.05) is 12.2 Å². The number of nitrogen functional groups attached to an aromatic ring is 1. The summed E-state index contributed by atoms with van der Waals surface area (Å²) in [6, 6.07) is 11.5. The lowest BCUT2D eigenvalue weighted by atomic mass is 10.00. The van der Waals surface area contributed by atoms with Gasteiger partial charge >= 0.3 is 0 Å². The molecule has 0 radical (unpaired) electrons. The van der Waals surface area contributed by atoms with Gasteiger partial charge in [0.15, 0.2) is 5.69 Å². The van der Waals surface area contributed by atoms with E-state index in [-0.39, 0.29) is 22.2 Å². The Bertz CT molecular complexity index is 1260. The van der Waals surface area contributed by atoms with Crippen LogP contribution in [-0.4, -0.2) is 28.6 Å². The molecule has 0 bridgehead atoms. The standard InChI is InChI=1S/C27H32FN5O3S/c1-15(2)13-14-31-26(35)23(18-5-9-19(28)10-6-18)33(20-11-7-17(8-12-20)16(3)4)27(36)24-21(29)22(25(30)34)32-37-24/h5-12,15-16,23H,13-14,29H2,1-4H3,(H2,30,34)(H,31,35). The molecule has 0 spiro atoms. The topological polar surface area (TPSA) is 131 Å². The van der Waals surface area contributed by atoms with E-state index in [1.54, 1.807) is 12.1 Å². The van der Waals surface area contributed by atoms with Crippen molar-refractivity contribution < 1.29 is 18.8 Å². The SMILES string of the molecule is CC(C)CCNC(=O)C(c1ccc(F)cc1)N(C(=O)c1snc(C(N)=O)c1N)c1ccc(C(C)C)cc1. The number of hydrogen-bond acceptors (Lipinski definition) is 6. The molecule has 1 atom stereocenters. The van der Waals surface area contributed by atoms with Crippen molar-refractivity contribution in [2.45, 2.75) is 46.1 Å². The van der Waals surface area contributed by atoms with Crippen LogP contribution < -0.4 is 21.7 Å². The van der Waals surface area contributed by atoms with Gasteiger partial charge in [-0.15, -0.1) is 0 Å². The number of benzene rings is 2. The van der Waals surface area contributed by atoms with Crippen LogP contribution in [0.15, 0.2) is 48.5 Å². The second-order valence-corrected chi connectivity index (χ2v) is 10.3. The quantitative estimate of drug-likeness (QED) is 0.355. The number of halogens is 1. The van der Waals surface area contributed by atoms with E-state index < -0.39 is 29.6 Å². The molecular formula is C27H32FN5O3S. The van der Waals surface area contributed by atoms with Crippen LogP contribution in [-0.2, 0) is 4.79 Å². The zero-order chi connectivity index (χ0) is 27.3. The van der Waals surface area contributed by atoms with Gasteiger partial charge < -0.3 is 16.8 Å². The fourth-order valence-electron chi connectivity index (χ4n) is 3.79. The molecule has 0 saturated carbocycles. The first-order chi connectivity index (χ1) is 17.5. The van der Waals surface area contributed by atoms with Gasteiger partial charge in [-0.3, -0.25) is 19.3 Å². The Morgan fingerprint density at radius 2 is 1.59 bits per heavy atom. The summed E-state index contributed by atoms with van der Waals surface area (Å²) in [6.07, 6.45) is 0.739. The number of amides is 3. The molecule has 0 fully saturated rings. The van der Waals surface area contributed by atoms with Crippen molar-refractivity contribution in [1.82, 2.24) is 9.69 Å². The van der Waals surface area contributed by atoms with Gasteiger partial charge in [-0.25, -0.2) is 4.39 Å². The second-order valence-electron chi connectivity index (χ2n) is 9.49. The van der Waals surface area contributed by atoms with Gasteiger partial charge in [0.25, 0.3) is 11.8 Å². The van der Waals surface area contributed by atoms with E-state index in [9.17, 15) is 18.8 Å². The molecular weight excluding hydrogens is 493 g/mol. The number of carbonyl (C=O) groups excluding carboxylic acids is 3. The van der Waals surface area contributed by atoms with Gasteiger partial charge in [0.2, 0.25) is 5.91 Å². The molecule has 0 saturated heterocycles. The zero-order valence-electron chi connectivity index (χ0n) is 21.3. The van der Waals surface area contributed by atoms with E-state index >= 15 is 0 Å². The molecule has 8 nitrogen and oxygen atoms in total. The Hall–Kier alpha value is -3.79. The molecule has 10 heteroatoms. The minimum atomic E-state index is -1.15.